The number of rotatable bonds is 5. The number of carbonyl (C=O) groups is 1. The normalized spacial score (nSPS) is 14.0. The lowest BCUT2D eigenvalue weighted by atomic mass is 10.1. The molecule has 27 heavy (non-hydrogen) atoms. The Hall–Kier alpha value is -2.41. The number of nitrogens with zero attached hydrogens (tertiary/aromatic N) is 3. The number of guanidine groups is 1. The van der Waals surface area contributed by atoms with Crippen molar-refractivity contribution in [3.05, 3.63) is 57.5 Å². The number of thiophene rings is 1. The predicted molar refractivity (Wildman–Crippen MR) is 107 cm³/mol. The number of hydrogen-bond acceptors (Lipinski definition) is 3. The first-order chi connectivity index (χ1) is 13.1. The van der Waals surface area contributed by atoms with E-state index in [4.69, 9.17) is 0 Å². The van der Waals surface area contributed by atoms with Gasteiger partial charge in [-0.3, -0.25) is 4.79 Å². The third-order valence-electron chi connectivity index (χ3n) is 4.55. The lowest BCUT2D eigenvalue weighted by Gasteiger charge is -2.27. The molecule has 0 fully saturated rings. The maximum atomic E-state index is 13.1. The van der Waals surface area contributed by atoms with Gasteiger partial charge in [0, 0.05) is 38.1 Å². The summed E-state index contributed by atoms with van der Waals surface area (Å²) >= 11 is 1.76. The van der Waals surface area contributed by atoms with E-state index in [1.165, 1.54) is 22.6 Å². The van der Waals surface area contributed by atoms with E-state index in [9.17, 15) is 9.18 Å². The molecule has 0 spiro atoms. The average molecular weight is 389 g/mol. The molecule has 1 aliphatic rings. The van der Waals surface area contributed by atoms with Crippen molar-refractivity contribution in [3.8, 4) is 0 Å². The number of aliphatic imine (C=N–C) groups is 1. The maximum Gasteiger partial charge on any atom is 0.244 e. The zero-order valence-electron chi connectivity index (χ0n) is 15.7. The smallest absolute Gasteiger partial charge is 0.244 e. The number of hydrogen-bond donors (Lipinski definition) is 1. The van der Waals surface area contributed by atoms with Gasteiger partial charge in [-0.1, -0.05) is 12.1 Å². The van der Waals surface area contributed by atoms with Crippen molar-refractivity contribution in [1.82, 2.24) is 15.1 Å². The Morgan fingerprint density at radius 1 is 1.33 bits per heavy atom. The van der Waals surface area contributed by atoms with E-state index in [1.807, 2.05) is 23.8 Å². The monoisotopic (exact) mass is 388 g/mol. The van der Waals surface area contributed by atoms with Crippen molar-refractivity contribution in [2.75, 3.05) is 26.7 Å². The minimum Gasteiger partial charge on any atom is -0.357 e. The van der Waals surface area contributed by atoms with Gasteiger partial charge in [0.2, 0.25) is 5.91 Å². The van der Waals surface area contributed by atoms with Crippen LogP contribution in [0.1, 0.15) is 22.9 Å². The van der Waals surface area contributed by atoms with Gasteiger partial charge in [0.05, 0.1) is 0 Å². The van der Waals surface area contributed by atoms with Gasteiger partial charge in [0.15, 0.2) is 5.96 Å². The van der Waals surface area contributed by atoms with Crippen molar-refractivity contribution in [2.45, 2.75) is 26.4 Å². The molecule has 0 saturated heterocycles. The Morgan fingerprint density at radius 2 is 2.11 bits per heavy atom. The summed E-state index contributed by atoms with van der Waals surface area (Å²) in [6.07, 6.45) is 0.924. The number of carbonyl (C=O) groups excluding carboxylic acids is 1. The summed E-state index contributed by atoms with van der Waals surface area (Å²) in [4.78, 5) is 22.3. The summed E-state index contributed by atoms with van der Waals surface area (Å²) in [5.41, 5.74) is 2.24. The van der Waals surface area contributed by atoms with Crippen LogP contribution >= 0.6 is 11.3 Å². The van der Waals surface area contributed by atoms with Gasteiger partial charge >= 0.3 is 0 Å². The molecular weight excluding hydrogens is 363 g/mol. The third-order valence-corrected chi connectivity index (χ3v) is 5.58. The van der Waals surface area contributed by atoms with Gasteiger partial charge in [-0.15, -0.1) is 11.3 Å². The summed E-state index contributed by atoms with van der Waals surface area (Å²) in [7, 11) is 1.91. The molecule has 2 heterocycles. The Labute approximate surface area is 163 Å². The quantitative estimate of drug-likeness (QED) is 0.633. The molecule has 0 radical (unpaired) electrons. The lowest BCUT2D eigenvalue weighted by molar-refractivity contribution is -0.130. The second kappa shape index (κ2) is 8.99. The van der Waals surface area contributed by atoms with Crippen LogP contribution in [-0.2, 0) is 24.3 Å². The number of fused-ring (bicyclic) bond motifs is 1. The molecule has 1 amide bonds. The van der Waals surface area contributed by atoms with Gasteiger partial charge < -0.3 is 15.1 Å². The first kappa shape index (κ1) is 19.4. The van der Waals surface area contributed by atoms with Crippen molar-refractivity contribution in [1.29, 1.82) is 0 Å². The number of nitrogens with one attached hydrogen (secondary N) is 1. The fraction of sp³-hybridized carbons (Fsp3) is 0.400. The molecule has 0 saturated carbocycles. The van der Waals surface area contributed by atoms with E-state index in [0.717, 1.165) is 18.5 Å². The van der Waals surface area contributed by atoms with Crippen LogP contribution in [0.3, 0.4) is 0 Å². The highest BCUT2D eigenvalue weighted by Crippen LogP contribution is 2.23. The molecule has 2 aromatic rings. The molecule has 1 N–H and O–H groups in total. The second-order valence-electron chi connectivity index (χ2n) is 6.59. The molecule has 7 heteroatoms. The minimum atomic E-state index is -0.247. The molecule has 1 aliphatic heterocycles. The molecule has 1 aromatic carbocycles. The molecule has 0 aliphatic carbocycles. The standard InChI is InChI=1S/C20H25FN4OS/c1-3-22-20(24(2)13-15-4-6-17(21)7-5-15)23-12-19(26)25-10-8-18-16(14-25)9-11-27-18/h4-7,9,11H,3,8,10,12-14H2,1-2H3,(H,22,23). The highest BCUT2D eigenvalue weighted by Gasteiger charge is 2.21. The topological polar surface area (TPSA) is 47.9 Å². The van der Waals surface area contributed by atoms with Gasteiger partial charge in [0.25, 0.3) is 0 Å². The first-order valence-electron chi connectivity index (χ1n) is 9.13. The summed E-state index contributed by atoms with van der Waals surface area (Å²) in [6.45, 7) is 4.84. The highest BCUT2D eigenvalue weighted by atomic mass is 32.1. The van der Waals surface area contributed by atoms with Crippen LogP contribution < -0.4 is 5.32 Å². The Balaban J connectivity index is 1.61. The van der Waals surface area contributed by atoms with E-state index >= 15 is 0 Å². The van der Waals surface area contributed by atoms with Gasteiger partial charge in [-0.25, -0.2) is 9.38 Å². The van der Waals surface area contributed by atoms with E-state index in [1.54, 1.807) is 23.5 Å². The van der Waals surface area contributed by atoms with E-state index in [-0.39, 0.29) is 18.3 Å². The van der Waals surface area contributed by atoms with Crippen LogP contribution in [0.4, 0.5) is 4.39 Å². The fourth-order valence-electron chi connectivity index (χ4n) is 3.11. The van der Waals surface area contributed by atoms with Crippen LogP contribution in [0.2, 0.25) is 0 Å². The Morgan fingerprint density at radius 3 is 2.85 bits per heavy atom. The fourth-order valence-corrected chi connectivity index (χ4v) is 4.00. The predicted octanol–water partition coefficient (Wildman–Crippen LogP) is 2.87. The van der Waals surface area contributed by atoms with Gasteiger partial charge in [-0.05, 0) is 48.1 Å². The molecule has 0 atom stereocenters. The average Bonchev–Trinajstić information content (AvgIpc) is 3.14. The Kier molecular flexibility index (Phi) is 6.45. The zero-order chi connectivity index (χ0) is 19.2. The van der Waals surface area contributed by atoms with Crippen molar-refractivity contribution in [3.63, 3.8) is 0 Å². The summed E-state index contributed by atoms with van der Waals surface area (Å²) < 4.78 is 13.1. The minimum absolute atomic E-state index is 0.0393. The van der Waals surface area contributed by atoms with Crippen LogP contribution in [-0.4, -0.2) is 48.3 Å². The zero-order valence-corrected chi connectivity index (χ0v) is 16.6. The lowest BCUT2D eigenvalue weighted by Crippen LogP contribution is -2.41. The molecule has 5 nitrogen and oxygen atoms in total. The van der Waals surface area contributed by atoms with Crippen LogP contribution in [0.15, 0.2) is 40.7 Å². The van der Waals surface area contributed by atoms with Crippen molar-refractivity contribution < 1.29 is 9.18 Å². The molecule has 1 aromatic heterocycles. The second-order valence-corrected chi connectivity index (χ2v) is 7.59. The van der Waals surface area contributed by atoms with Crippen LogP contribution in [0.25, 0.3) is 0 Å². The van der Waals surface area contributed by atoms with Crippen LogP contribution in [0.5, 0.6) is 0 Å². The summed E-state index contributed by atoms with van der Waals surface area (Å²) in [5, 5.41) is 5.30. The maximum absolute atomic E-state index is 13.1. The summed E-state index contributed by atoms with van der Waals surface area (Å²) in [5.74, 6) is 0.462. The Bertz CT molecular complexity index is 803. The third kappa shape index (κ3) is 5.07. The van der Waals surface area contributed by atoms with E-state index in [2.05, 4.69) is 21.8 Å². The van der Waals surface area contributed by atoms with Gasteiger partial charge in [-0.2, -0.15) is 0 Å². The molecule has 0 bridgehead atoms. The SMILES string of the molecule is CCNC(=NCC(=O)N1CCc2sccc2C1)N(C)Cc1ccc(F)cc1. The van der Waals surface area contributed by atoms with Crippen LogP contribution in [0, 0.1) is 5.82 Å². The largest absolute Gasteiger partial charge is 0.357 e. The molecular formula is C20H25FN4OS. The molecule has 3 rings (SSSR count). The van der Waals surface area contributed by atoms with Crippen molar-refractivity contribution >= 4 is 23.2 Å². The van der Waals surface area contributed by atoms with Gasteiger partial charge in [0.1, 0.15) is 12.4 Å². The number of benzene rings is 1. The van der Waals surface area contributed by atoms with E-state index < -0.39 is 0 Å². The first-order valence-corrected chi connectivity index (χ1v) is 10.0. The molecule has 0 unspecified atom stereocenters. The van der Waals surface area contributed by atoms with E-state index in [0.29, 0.717) is 25.6 Å². The number of halogens is 1. The van der Waals surface area contributed by atoms with Crippen molar-refractivity contribution in [2.24, 2.45) is 4.99 Å². The summed E-state index contributed by atoms with van der Waals surface area (Å²) in [6, 6.07) is 8.51. The number of amides is 1. The molecule has 144 valence electrons. The highest BCUT2D eigenvalue weighted by molar-refractivity contribution is 7.10.